The summed E-state index contributed by atoms with van der Waals surface area (Å²) in [5.41, 5.74) is 0. The molecule has 0 aliphatic heterocycles. The summed E-state index contributed by atoms with van der Waals surface area (Å²) in [7, 11) is 0. The lowest BCUT2D eigenvalue weighted by Gasteiger charge is -2.05. The Labute approximate surface area is 76.3 Å². The minimum atomic E-state index is -0.827. The molecule has 0 spiro atoms. The van der Waals surface area contributed by atoms with Crippen molar-refractivity contribution in [3.63, 3.8) is 0 Å². The quantitative estimate of drug-likeness (QED) is 0.465. The van der Waals surface area contributed by atoms with Crippen molar-refractivity contribution in [1.82, 2.24) is 0 Å². The standard InChI is InChI=1S/C8H14O5/c1-5(9)3-7(11)13-8(12)4-6(2)10/h5-6,9-10H,3-4H2,1-2H3/t5-,6?/m1/s1. The first-order valence-electron chi connectivity index (χ1n) is 4.01. The number of esters is 2. The molecule has 0 saturated carbocycles. The number of ether oxygens (including phenoxy) is 1. The molecule has 0 bridgehead atoms. The van der Waals surface area contributed by atoms with Gasteiger partial charge in [-0.3, -0.25) is 9.59 Å². The van der Waals surface area contributed by atoms with Crippen LogP contribution in [0.25, 0.3) is 0 Å². The Bertz CT molecular complexity index is 165. The van der Waals surface area contributed by atoms with E-state index in [-0.39, 0.29) is 12.8 Å². The average molecular weight is 190 g/mol. The monoisotopic (exact) mass is 190 g/mol. The van der Waals surface area contributed by atoms with Crippen molar-refractivity contribution in [2.75, 3.05) is 0 Å². The Morgan fingerprint density at radius 2 is 1.38 bits per heavy atom. The molecule has 0 aromatic carbocycles. The van der Waals surface area contributed by atoms with Gasteiger partial charge in [0.1, 0.15) is 0 Å². The average Bonchev–Trinajstić information content (AvgIpc) is 1.80. The van der Waals surface area contributed by atoms with Gasteiger partial charge in [-0.05, 0) is 13.8 Å². The van der Waals surface area contributed by atoms with Gasteiger partial charge in [-0.15, -0.1) is 0 Å². The number of hydrogen-bond donors (Lipinski definition) is 2. The summed E-state index contributed by atoms with van der Waals surface area (Å²) >= 11 is 0. The minimum Gasteiger partial charge on any atom is -0.393 e. The van der Waals surface area contributed by atoms with Gasteiger partial charge in [0.2, 0.25) is 0 Å². The molecule has 0 radical (unpaired) electrons. The molecule has 2 N–H and O–H groups in total. The molecule has 0 aromatic heterocycles. The van der Waals surface area contributed by atoms with E-state index in [9.17, 15) is 9.59 Å². The molecule has 0 aliphatic carbocycles. The Morgan fingerprint density at radius 3 is 1.62 bits per heavy atom. The smallest absolute Gasteiger partial charge is 0.316 e. The van der Waals surface area contributed by atoms with Crippen LogP contribution in [-0.4, -0.2) is 34.4 Å². The molecule has 1 unspecified atom stereocenters. The molecular formula is C8H14O5. The molecule has 0 aromatic rings. The zero-order chi connectivity index (χ0) is 10.4. The summed E-state index contributed by atoms with van der Waals surface area (Å²) in [6, 6.07) is 0. The predicted octanol–water partition coefficient (Wildman–Crippen LogP) is -0.402. The van der Waals surface area contributed by atoms with Crippen LogP contribution >= 0.6 is 0 Å². The molecule has 13 heavy (non-hydrogen) atoms. The summed E-state index contributed by atoms with van der Waals surface area (Å²) in [5.74, 6) is -1.55. The van der Waals surface area contributed by atoms with E-state index in [0.717, 1.165) is 0 Å². The van der Waals surface area contributed by atoms with Crippen LogP contribution in [0.2, 0.25) is 0 Å². The van der Waals surface area contributed by atoms with Gasteiger partial charge in [0.25, 0.3) is 0 Å². The topological polar surface area (TPSA) is 83.8 Å². The van der Waals surface area contributed by atoms with Gasteiger partial charge >= 0.3 is 11.9 Å². The zero-order valence-corrected chi connectivity index (χ0v) is 7.69. The third-order valence-electron chi connectivity index (χ3n) is 1.15. The summed E-state index contributed by atoms with van der Waals surface area (Å²) in [6.45, 7) is 2.83. The molecule has 5 heteroatoms. The van der Waals surface area contributed by atoms with Gasteiger partial charge in [0, 0.05) is 0 Å². The highest BCUT2D eigenvalue weighted by molar-refractivity contribution is 5.85. The van der Waals surface area contributed by atoms with Crippen molar-refractivity contribution in [2.24, 2.45) is 0 Å². The van der Waals surface area contributed by atoms with Crippen molar-refractivity contribution < 1.29 is 24.5 Å². The van der Waals surface area contributed by atoms with Crippen molar-refractivity contribution in [3.8, 4) is 0 Å². The van der Waals surface area contributed by atoms with Crippen molar-refractivity contribution in [2.45, 2.75) is 38.9 Å². The van der Waals surface area contributed by atoms with Crippen molar-refractivity contribution in [1.29, 1.82) is 0 Å². The number of rotatable bonds is 4. The second-order valence-corrected chi connectivity index (χ2v) is 2.95. The summed E-state index contributed by atoms with van der Waals surface area (Å²) in [5, 5.41) is 17.5. The van der Waals surface area contributed by atoms with Crippen LogP contribution in [0.4, 0.5) is 0 Å². The fraction of sp³-hybridized carbons (Fsp3) is 0.750. The second-order valence-electron chi connectivity index (χ2n) is 2.95. The van der Waals surface area contributed by atoms with Crippen LogP contribution in [0.3, 0.4) is 0 Å². The molecule has 0 fully saturated rings. The highest BCUT2D eigenvalue weighted by Crippen LogP contribution is 1.97. The Morgan fingerprint density at radius 1 is 1.08 bits per heavy atom. The maximum atomic E-state index is 10.8. The van der Waals surface area contributed by atoms with Crippen LogP contribution in [-0.2, 0) is 14.3 Å². The van der Waals surface area contributed by atoms with E-state index in [2.05, 4.69) is 4.74 Å². The lowest BCUT2D eigenvalue weighted by atomic mass is 10.3. The van der Waals surface area contributed by atoms with E-state index < -0.39 is 24.1 Å². The molecule has 0 amide bonds. The van der Waals surface area contributed by atoms with Crippen LogP contribution in [0.5, 0.6) is 0 Å². The second kappa shape index (κ2) is 5.66. The van der Waals surface area contributed by atoms with Gasteiger partial charge in [0.15, 0.2) is 0 Å². The summed E-state index contributed by atoms with van der Waals surface area (Å²) in [4.78, 5) is 21.5. The first-order chi connectivity index (χ1) is 5.91. The lowest BCUT2D eigenvalue weighted by Crippen LogP contribution is -2.19. The molecule has 0 aliphatic rings. The molecule has 0 heterocycles. The number of aliphatic hydroxyl groups excluding tert-OH is 2. The maximum Gasteiger partial charge on any atom is 0.316 e. The highest BCUT2D eigenvalue weighted by Gasteiger charge is 2.14. The Kier molecular flexibility index (Phi) is 5.25. The van der Waals surface area contributed by atoms with E-state index in [0.29, 0.717) is 0 Å². The van der Waals surface area contributed by atoms with Gasteiger partial charge in [-0.1, -0.05) is 0 Å². The third-order valence-corrected chi connectivity index (χ3v) is 1.15. The van der Waals surface area contributed by atoms with Crippen molar-refractivity contribution >= 4 is 11.9 Å². The highest BCUT2D eigenvalue weighted by atomic mass is 16.6. The van der Waals surface area contributed by atoms with Crippen molar-refractivity contribution in [3.05, 3.63) is 0 Å². The normalized spacial score (nSPS) is 14.8. The SMILES string of the molecule is CC(O)CC(=O)OC(=O)C[C@@H](C)O. The summed E-state index contributed by atoms with van der Waals surface area (Å²) in [6.07, 6.45) is -2.09. The fourth-order valence-corrected chi connectivity index (χ4v) is 0.693. The van der Waals surface area contributed by atoms with Crippen LogP contribution in [0.15, 0.2) is 0 Å². The largest absolute Gasteiger partial charge is 0.393 e. The van der Waals surface area contributed by atoms with E-state index >= 15 is 0 Å². The number of carbonyl (C=O) groups excluding carboxylic acids is 2. The van der Waals surface area contributed by atoms with E-state index in [1.54, 1.807) is 0 Å². The fourth-order valence-electron chi connectivity index (χ4n) is 0.693. The Balaban J connectivity index is 3.72. The maximum absolute atomic E-state index is 10.8. The van der Waals surface area contributed by atoms with Crippen LogP contribution in [0, 0.1) is 0 Å². The van der Waals surface area contributed by atoms with Gasteiger partial charge in [0.05, 0.1) is 25.0 Å². The molecule has 76 valence electrons. The Hall–Kier alpha value is -0.940. The van der Waals surface area contributed by atoms with E-state index in [1.807, 2.05) is 0 Å². The minimum absolute atomic E-state index is 0.217. The van der Waals surface area contributed by atoms with Gasteiger partial charge < -0.3 is 14.9 Å². The molecule has 0 rings (SSSR count). The first kappa shape index (κ1) is 12.1. The first-order valence-corrected chi connectivity index (χ1v) is 4.01. The van der Waals surface area contributed by atoms with E-state index in [4.69, 9.17) is 10.2 Å². The van der Waals surface area contributed by atoms with Gasteiger partial charge in [-0.25, -0.2) is 0 Å². The van der Waals surface area contributed by atoms with Gasteiger partial charge in [-0.2, -0.15) is 0 Å². The van der Waals surface area contributed by atoms with E-state index in [1.165, 1.54) is 13.8 Å². The number of aliphatic hydroxyl groups is 2. The van der Waals surface area contributed by atoms with Crippen LogP contribution in [0.1, 0.15) is 26.7 Å². The molecule has 0 saturated heterocycles. The number of hydrogen-bond acceptors (Lipinski definition) is 5. The molecular weight excluding hydrogens is 176 g/mol. The summed E-state index contributed by atoms with van der Waals surface area (Å²) < 4.78 is 4.27. The molecule has 5 nitrogen and oxygen atoms in total. The third kappa shape index (κ3) is 7.42. The lowest BCUT2D eigenvalue weighted by molar-refractivity contribution is -0.161. The van der Waals surface area contributed by atoms with Crippen LogP contribution < -0.4 is 0 Å². The predicted molar refractivity (Wildman–Crippen MR) is 43.7 cm³/mol. The molecule has 2 atom stereocenters. The zero-order valence-electron chi connectivity index (χ0n) is 7.69. The number of carbonyl (C=O) groups is 2.